The molecule has 0 bridgehead atoms. The Morgan fingerprint density at radius 2 is 1.92 bits per heavy atom. The van der Waals surface area contributed by atoms with E-state index in [1.165, 1.54) is 33.5 Å². The normalized spacial score (nSPS) is 16.0. The summed E-state index contributed by atoms with van der Waals surface area (Å²) < 4.78 is 31.7. The van der Waals surface area contributed by atoms with E-state index in [0.29, 0.717) is 11.6 Å². The third-order valence-electron chi connectivity index (χ3n) is 4.35. The number of nitrogens with one attached hydrogen (secondary N) is 2. The number of quaternary nitrogens is 1. The van der Waals surface area contributed by atoms with Crippen LogP contribution in [-0.4, -0.2) is 71.1 Å². The number of carbonyl (C=O) groups is 1. The van der Waals surface area contributed by atoms with E-state index in [4.69, 9.17) is 16.3 Å². The van der Waals surface area contributed by atoms with Gasteiger partial charge in [-0.15, -0.1) is 0 Å². The maximum absolute atomic E-state index is 12.6. The Morgan fingerprint density at radius 1 is 1.27 bits per heavy atom. The number of morpholine rings is 1. The van der Waals surface area contributed by atoms with Gasteiger partial charge in [-0.3, -0.25) is 4.79 Å². The van der Waals surface area contributed by atoms with E-state index in [1.807, 2.05) is 0 Å². The molecule has 7 nitrogen and oxygen atoms in total. The van der Waals surface area contributed by atoms with Crippen LogP contribution < -0.4 is 10.2 Å². The number of rotatable bonds is 9. The number of sulfonamides is 1. The van der Waals surface area contributed by atoms with Crippen LogP contribution >= 0.6 is 11.6 Å². The van der Waals surface area contributed by atoms with Gasteiger partial charge in [0.2, 0.25) is 15.9 Å². The quantitative estimate of drug-likeness (QED) is 0.557. The number of carbonyl (C=O) groups excluding carboxylic acids is 1. The Kier molecular flexibility index (Phi) is 8.30. The fraction of sp³-hybridized carbons (Fsp3) is 0.588. The molecule has 0 radical (unpaired) electrons. The molecule has 0 aromatic heterocycles. The summed E-state index contributed by atoms with van der Waals surface area (Å²) in [5, 5.41) is 3.27. The first-order valence-electron chi connectivity index (χ1n) is 8.87. The van der Waals surface area contributed by atoms with Crippen LogP contribution in [0.4, 0.5) is 0 Å². The van der Waals surface area contributed by atoms with Crippen molar-refractivity contribution in [2.75, 3.05) is 52.5 Å². The minimum atomic E-state index is -3.71. The summed E-state index contributed by atoms with van der Waals surface area (Å²) in [6.07, 6.45) is 0.858. The van der Waals surface area contributed by atoms with Crippen LogP contribution in [0.25, 0.3) is 0 Å². The van der Waals surface area contributed by atoms with Crippen LogP contribution in [0.1, 0.15) is 13.3 Å². The molecule has 146 valence electrons. The smallest absolute Gasteiger partial charge is 0.243 e. The van der Waals surface area contributed by atoms with Crippen LogP contribution in [0.2, 0.25) is 5.02 Å². The number of halogens is 1. The molecular formula is C17H27ClN3O4S+. The van der Waals surface area contributed by atoms with Crippen molar-refractivity contribution in [1.29, 1.82) is 0 Å². The third-order valence-corrected chi connectivity index (χ3v) is 6.54. The number of ether oxygens (including phenoxy) is 1. The van der Waals surface area contributed by atoms with Gasteiger partial charge in [0.25, 0.3) is 0 Å². The number of hydrogen-bond acceptors (Lipinski definition) is 4. The Balaban J connectivity index is 1.80. The van der Waals surface area contributed by atoms with Gasteiger partial charge in [-0.1, -0.05) is 18.5 Å². The van der Waals surface area contributed by atoms with Crippen molar-refractivity contribution in [3.63, 3.8) is 0 Å². The Bertz CT molecular complexity index is 676. The first-order chi connectivity index (χ1) is 12.4. The van der Waals surface area contributed by atoms with Crippen molar-refractivity contribution < 1.29 is 22.8 Å². The molecule has 1 aromatic rings. The van der Waals surface area contributed by atoms with Crippen molar-refractivity contribution in [2.45, 2.75) is 18.2 Å². The minimum Gasteiger partial charge on any atom is -0.370 e. The van der Waals surface area contributed by atoms with Crippen LogP contribution in [0.15, 0.2) is 29.2 Å². The summed E-state index contributed by atoms with van der Waals surface area (Å²) in [5.74, 6) is -0.290. The van der Waals surface area contributed by atoms with Gasteiger partial charge in [0.1, 0.15) is 13.1 Å². The van der Waals surface area contributed by atoms with Gasteiger partial charge in [0, 0.05) is 24.5 Å². The monoisotopic (exact) mass is 404 g/mol. The maximum atomic E-state index is 12.6. The molecule has 1 aliphatic heterocycles. The van der Waals surface area contributed by atoms with Crippen LogP contribution in [0.5, 0.6) is 0 Å². The number of likely N-dealkylation sites (N-methyl/N-ethyl adjacent to an activating group) is 1. The third kappa shape index (κ3) is 6.21. The molecule has 1 aromatic carbocycles. The average molecular weight is 405 g/mol. The number of hydrogen-bond donors (Lipinski definition) is 2. The second kappa shape index (κ2) is 10.2. The van der Waals surface area contributed by atoms with E-state index in [0.717, 1.165) is 39.3 Å². The van der Waals surface area contributed by atoms with E-state index in [-0.39, 0.29) is 23.9 Å². The van der Waals surface area contributed by atoms with Crippen molar-refractivity contribution in [2.24, 2.45) is 0 Å². The van der Waals surface area contributed by atoms with Gasteiger partial charge in [-0.05, 0) is 24.3 Å². The highest BCUT2D eigenvalue weighted by atomic mass is 35.5. The van der Waals surface area contributed by atoms with E-state index >= 15 is 0 Å². The van der Waals surface area contributed by atoms with Crippen molar-refractivity contribution in [3.8, 4) is 0 Å². The average Bonchev–Trinajstić information content (AvgIpc) is 2.64. The zero-order valence-electron chi connectivity index (χ0n) is 15.0. The Labute approximate surface area is 160 Å². The van der Waals surface area contributed by atoms with Crippen LogP contribution in [0, 0.1) is 0 Å². The SMILES string of the molecule is CCN(CC(=O)NCCC[NH+]1CCOCC1)S(=O)(=O)c1ccc(Cl)cc1. The molecule has 0 spiro atoms. The zero-order chi connectivity index (χ0) is 19.0. The molecule has 26 heavy (non-hydrogen) atoms. The lowest BCUT2D eigenvalue weighted by Crippen LogP contribution is -3.14. The molecular weight excluding hydrogens is 378 g/mol. The molecule has 2 rings (SSSR count). The van der Waals surface area contributed by atoms with Gasteiger partial charge < -0.3 is 15.0 Å². The molecule has 1 amide bonds. The first-order valence-corrected chi connectivity index (χ1v) is 10.7. The van der Waals surface area contributed by atoms with Gasteiger partial charge >= 0.3 is 0 Å². The van der Waals surface area contributed by atoms with Crippen molar-refractivity contribution in [3.05, 3.63) is 29.3 Å². The van der Waals surface area contributed by atoms with Crippen molar-refractivity contribution in [1.82, 2.24) is 9.62 Å². The van der Waals surface area contributed by atoms with Gasteiger partial charge in [0.05, 0.1) is 31.2 Å². The molecule has 0 atom stereocenters. The summed E-state index contributed by atoms with van der Waals surface area (Å²) >= 11 is 5.81. The molecule has 0 saturated carbocycles. The van der Waals surface area contributed by atoms with Crippen molar-refractivity contribution >= 4 is 27.5 Å². The lowest BCUT2D eigenvalue weighted by atomic mass is 10.3. The standard InChI is InChI=1S/C17H26ClN3O4S/c1-2-21(26(23,24)16-6-4-15(18)5-7-16)14-17(22)19-8-3-9-20-10-12-25-13-11-20/h4-7H,2-3,8-14H2,1H3,(H,19,22)/p+1. The zero-order valence-corrected chi connectivity index (χ0v) is 16.6. The van der Waals surface area contributed by atoms with E-state index in [2.05, 4.69) is 5.32 Å². The minimum absolute atomic E-state index is 0.132. The van der Waals surface area contributed by atoms with E-state index < -0.39 is 10.0 Å². The molecule has 0 unspecified atom stereocenters. The highest BCUT2D eigenvalue weighted by Crippen LogP contribution is 2.18. The second-order valence-electron chi connectivity index (χ2n) is 6.20. The molecule has 0 aliphatic carbocycles. The summed E-state index contributed by atoms with van der Waals surface area (Å²) in [4.78, 5) is 13.7. The van der Waals surface area contributed by atoms with Crippen LogP contribution in [-0.2, 0) is 19.6 Å². The Morgan fingerprint density at radius 3 is 2.54 bits per heavy atom. The number of benzene rings is 1. The predicted molar refractivity (Wildman–Crippen MR) is 99.9 cm³/mol. The Hall–Kier alpha value is -1.19. The molecule has 1 heterocycles. The molecule has 1 saturated heterocycles. The van der Waals surface area contributed by atoms with E-state index in [1.54, 1.807) is 6.92 Å². The summed E-state index contributed by atoms with van der Waals surface area (Å²) in [6, 6.07) is 5.94. The molecule has 2 N–H and O–H groups in total. The number of nitrogens with zero attached hydrogens (tertiary/aromatic N) is 1. The fourth-order valence-electron chi connectivity index (χ4n) is 2.81. The summed E-state index contributed by atoms with van der Waals surface area (Å²) in [5.41, 5.74) is 0. The lowest BCUT2D eigenvalue weighted by Gasteiger charge is -2.23. The second-order valence-corrected chi connectivity index (χ2v) is 8.58. The predicted octanol–water partition coefficient (Wildman–Crippen LogP) is -0.228. The van der Waals surface area contributed by atoms with Gasteiger partial charge in [0.15, 0.2) is 0 Å². The van der Waals surface area contributed by atoms with E-state index in [9.17, 15) is 13.2 Å². The highest BCUT2D eigenvalue weighted by molar-refractivity contribution is 7.89. The molecule has 1 fully saturated rings. The lowest BCUT2D eigenvalue weighted by molar-refractivity contribution is -0.908. The topological polar surface area (TPSA) is 80.2 Å². The summed E-state index contributed by atoms with van der Waals surface area (Å²) in [6.45, 7) is 6.83. The molecule has 9 heteroatoms. The van der Waals surface area contributed by atoms with Gasteiger partial charge in [-0.25, -0.2) is 8.42 Å². The molecule has 1 aliphatic rings. The first kappa shape index (κ1) is 21.1. The maximum Gasteiger partial charge on any atom is 0.243 e. The summed E-state index contributed by atoms with van der Waals surface area (Å²) in [7, 11) is -3.71. The largest absolute Gasteiger partial charge is 0.370 e. The van der Waals surface area contributed by atoms with Crippen LogP contribution in [0.3, 0.4) is 0 Å². The number of amides is 1. The van der Waals surface area contributed by atoms with Gasteiger partial charge in [-0.2, -0.15) is 4.31 Å². The highest BCUT2D eigenvalue weighted by Gasteiger charge is 2.25. The fourth-order valence-corrected chi connectivity index (χ4v) is 4.35.